The van der Waals surface area contributed by atoms with Crippen LogP contribution in [0.1, 0.15) is 38.2 Å². The van der Waals surface area contributed by atoms with Gasteiger partial charge in [-0.1, -0.05) is 12.0 Å². The van der Waals surface area contributed by atoms with Crippen molar-refractivity contribution in [1.29, 1.82) is 0 Å². The molecule has 2 N–H and O–H groups in total. The molecular weight excluding hydrogens is 318 g/mol. The van der Waals surface area contributed by atoms with E-state index in [4.69, 9.17) is 6.42 Å². The minimum atomic E-state index is -0.784. The lowest BCUT2D eigenvalue weighted by Gasteiger charge is -2.33. The number of benzene rings is 1. The lowest BCUT2D eigenvalue weighted by molar-refractivity contribution is -0.137. The molecule has 1 atom stereocenters. The van der Waals surface area contributed by atoms with E-state index in [9.17, 15) is 14.4 Å². The van der Waals surface area contributed by atoms with Crippen molar-refractivity contribution in [3.05, 3.63) is 29.8 Å². The number of nitrogens with zero attached hydrogens (tertiary/aromatic N) is 1. The Morgan fingerprint density at radius 3 is 2.80 bits per heavy atom. The molecule has 0 radical (unpaired) electrons. The summed E-state index contributed by atoms with van der Waals surface area (Å²) < 4.78 is 0. The predicted molar refractivity (Wildman–Crippen MR) is 95.7 cm³/mol. The van der Waals surface area contributed by atoms with Crippen molar-refractivity contribution in [1.82, 2.24) is 10.2 Å². The molecule has 0 spiro atoms. The SMILES string of the molecule is C#Cc1cccc(NC(=O)C(=O)NCCC(=O)N2CCCC[C@@H]2C)c1. The highest BCUT2D eigenvalue weighted by Gasteiger charge is 2.23. The van der Waals surface area contributed by atoms with Gasteiger partial charge >= 0.3 is 11.8 Å². The van der Waals surface area contributed by atoms with Gasteiger partial charge in [-0.15, -0.1) is 6.42 Å². The molecule has 0 unspecified atom stereocenters. The molecule has 1 aromatic carbocycles. The fourth-order valence-corrected chi connectivity index (χ4v) is 2.85. The molecule has 132 valence electrons. The summed E-state index contributed by atoms with van der Waals surface area (Å²) in [5, 5.41) is 4.96. The standard InChI is InChI=1S/C19H23N3O3/c1-3-15-8-6-9-16(13-15)21-19(25)18(24)20-11-10-17(23)22-12-5-4-7-14(22)2/h1,6,8-9,13-14H,4-5,7,10-12H2,2H3,(H,20,24)(H,21,25)/t14-/m0/s1. The third-order valence-corrected chi connectivity index (χ3v) is 4.24. The van der Waals surface area contributed by atoms with Crippen LogP contribution in [0, 0.1) is 12.3 Å². The molecule has 6 nitrogen and oxygen atoms in total. The number of hydrogen-bond acceptors (Lipinski definition) is 3. The molecule has 1 saturated heterocycles. The summed E-state index contributed by atoms with van der Waals surface area (Å²) in [4.78, 5) is 37.7. The van der Waals surface area contributed by atoms with E-state index in [2.05, 4.69) is 16.6 Å². The number of amides is 3. The lowest BCUT2D eigenvalue weighted by atomic mass is 10.0. The molecule has 1 fully saturated rings. The molecule has 3 amide bonds. The number of nitrogens with one attached hydrogen (secondary N) is 2. The van der Waals surface area contributed by atoms with Gasteiger partial charge in [0, 0.05) is 36.8 Å². The number of rotatable bonds is 4. The van der Waals surface area contributed by atoms with Crippen LogP contribution in [0.15, 0.2) is 24.3 Å². The Kier molecular flexibility index (Phi) is 6.58. The van der Waals surface area contributed by atoms with E-state index in [1.54, 1.807) is 24.3 Å². The van der Waals surface area contributed by atoms with Crippen LogP contribution in [0.2, 0.25) is 0 Å². The first-order valence-electron chi connectivity index (χ1n) is 8.46. The highest BCUT2D eigenvalue weighted by molar-refractivity contribution is 6.39. The minimum Gasteiger partial charge on any atom is -0.347 e. The van der Waals surface area contributed by atoms with Crippen LogP contribution in [0.25, 0.3) is 0 Å². The van der Waals surface area contributed by atoms with Gasteiger partial charge < -0.3 is 15.5 Å². The molecule has 1 heterocycles. The molecule has 1 aromatic rings. The number of terminal acetylenes is 1. The van der Waals surface area contributed by atoms with Gasteiger partial charge in [0.15, 0.2) is 0 Å². The summed E-state index contributed by atoms with van der Waals surface area (Å²) in [7, 11) is 0. The van der Waals surface area contributed by atoms with Crippen LogP contribution in [0.5, 0.6) is 0 Å². The van der Waals surface area contributed by atoms with Gasteiger partial charge in [-0.3, -0.25) is 14.4 Å². The lowest BCUT2D eigenvalue weighted by Crippen LogP contribution is -2.44. The fourth-order valence-electron chi connectivity index (χ4n) is 2.85. The van der Waals surface area contributed by atoms with Crippen LogP contribution in [-0.4, -0.2) is 41.8 Å². The molecule has 6 heteroatoms. The zero-order valence-electron chi connectivity index (χ0n) is 14.4. The molecule has 0 bridgehead atoms. The van der Waals surface area contributed by atoms with Crippen molar-refractivity contribution in [2.24, 2.45) is 0 Å². The Morgan fingerprint density at radius 1 is 1.28 bits per heavy atom. The van der Waals surface area contributed by atoms with Crippen molar-refractivity contribution in [2.75, 3.05) is 18.4 Å². The molecule has 0 aromatic heterocycles. The summed E-state index contributed by atoms with van der Waals surface area (Å²) in [5.41, 5.74) is 1.06. The second-order valence-corrected chi connectivity index (χ2v) is 6.12. The molecule has 0 aliphatic carbocycles. The van der Waals surface area contributed by atoms with Crippen LogP contribution >= 0.6 is 0 Å². The van der Waals surface area contributed by atoms with E-state index in [0.29, 0.717) is 11.3 Å². The molecule has 0 saturated carbocycles. The average molecular weight is 341 g/mol. The Hall–Kier alpha value is -2.81. The molecule has 1 aliphatic heterocycles. The molecule has 1 aliphatic rings. The van der Waals surface area contributed by atoms with Crippen LogP contribution in [0.3, 0.4) is 0 Å². The first-order valence-corrected chi connectivity index (χ1v) is 8.46. The normalized spacial score (nSPS) is 16.6. The maximum atomic E-state index is 12.2. The number of anilines is 1. The summed E-state index contributed by atoms with van der Waals surface area (Å²) >= 11 is 0. The molecule has 2 rings (SSSR count). The summed E-state index contributed by atoms with van der Waals surface area (Å²) in [6.07, 6.45) is 8.66. The Balaban J connectivity index is 1.76. The van der Waals surface area contributed by atoms with Crippen molar-refractivity contribution in [2.45, 2.75) is 38.6 Å². The molecular formula is C19H23N3O3. The highest BCUT2D eigenvalue weighted by atomic mass is 16.2. The van der Waals surface area contributed by atoms with E-state index in [1.807, 2.05) is 11.8 Å². The van der Waals surface area contributed by atoms with Crippen LogP contribution < -0.4 is 10.6 Å². The van der Waals surface area contributed by atoms with Gasteiger partial charge in [-0.2, -0.15) is 0 Å². The summed E-state index contributed by atoms with van der Waals surface area (Å²) in [6, 6.07) is 6.91. The second-order valence-electron chi connectivity index (χ2n) is 6.12. The van der Waals surface area contributed by atoms with Crippen molar-refractivity contribution in [3.8, 4) is 12.3 Å². The van der Waals surface area contributed by atoms with E-state index < -0.39 is 11.8 Å². The third kappa shape index (κ3) is 5.35. The van der Waals surface area contributed by atoms with Gasteiger partial charge in [0.1, 0.15) is 0 Å². The van der Waals surface area contributed by atoms with Crippen molar-refractivity contribution in [3.63, 3.8) is 0 Å². The van der Waals surface area contributed by atoms with Gasteiger partial charge in [0.2, 0.25) is 5.91 Å². The van der Waals surface area contributed by atoms with Crippen LogP contribution in [0.4, 0.5) is 5.69 Å². The maximum Gasteiger partial charge on any atom is 0.313 e. The van der Waals surface area contributed by atoms with E-state index in [0.717, 1.165) is 25.8 Å². The van der Waals surface area contributed by atoms with Crippen molar-refractivity contribution >= 4 is 23.4 Å². The predicted octanol–water partition coefficient (Wildman–Crippen LogP) is 1.51. The monoisotopic (exact) mass is 341 g/mol. The number of hydrogen-bond donors (Lipinski definition) is 2. The number of piperidine rings is 1. The van der Waals surface area contributed by atoms with Crippen LogP contribution in [-0.2, 0) is 14.4 Å². The van der Waals surface area contributed by atoms with Gasteiger partial charge in [0.05, 0.1) is 0 Å². The van der Waals surface area contributed by atoms with E-state index in [-0.39, 0.29) is 24.9 Å². The second kappa shape index (κ2) is 8.88. The Morgan fingerprint density at radius 2 is 2.08 bits per heavy atom. The quantitative estimate of drug-likeness (QED) is 0.644. The summed E-state index contributed by atoms with van der Waals surface area (Å²) in [5.74, 6) is 0.909. The average Bonchev–Trinajstić information content (AvgIpc) is 2.62. The Labute approximate surface area is 148 Å². The zero-order valence-corrected chi connectivity index (χ0v) is 14.4. The first-order chi connectivity index (χ1) is 12.0. The summed E-state index contributed by atoms with van der Waals surface area (Å²) in [6.45, 7) is 2.94. The van der Waals surface area contributed by atoms with Crippen molar-refractivity contribution < 1.29 is 14.4 Å². The van der Waals surface area contributed by atoms with E-state index >= 15 is 0 Å². The number of carbonyl (C=O) groups is 3. The van der Waals surface area contributed by atoms with Gasteiger partial charge in [-0.05, 0) is 44.4 Å². The smallest absolute Gasteiger partial charge is 0.313 e. The third-order valence-electron chi connectivity index (χ3n) is 4.24. The first kappa shape index (κ1) is 18.5. The Bertz CT molecular complexity index is 693. The number of likely N-dealkylation sites (tertiary alicyclic amines) is 1. The van der Waals surface area contributed by atoms with E-state index in [1.165, 1.54) is 0 Å². The maximum absolute atomic E-state index is 12.2. The fraction of sp³-hybridized carbons (Fsp3) is 0.421. The zero-order chi connectivity index (χ0) is 18.2. The molecule has 25 heavy (non-hydrogen) atoms. The largest absolute Gasteiger partial charge is 0.347 e. The van der Waals surface area contributed by atoms with Gasteiger partial charge in [0.25, 0.3) is 0 Å². The minimum absolute atomic E-state index is 0.00892. The topological polar surface area (TPSA) is 78.5 Å². The highest BCUT2D eigenvalue weighted by Crippen LogP contribution is 2.17. The van der Waals surface area contributed by atoms with Gasteiger partial charge in [-0.25, -0.2) is 0 Å². The number of carbonyl (C=O) groups excluding carboxylic acids is 3.